The Morgan fingerprint density at radius 3 is 2.84 bits per heavy atom. The molecule has 0 atom stereocenters. The molecule has 2 aromatic heterocycles. The lowest BCUT2D eigenvalue weighted by Crippen LogP contribution is -1.96. The van der Waals surface area contributed by atoms with E-state index >= 15 is 0 Å². The monoisotopic (exact) mass is 308 g/mol. The molecule has 2 heterocycles. The molecule has 0 bridgehead atoms. The average Bonchev–Trinajstić information content (AvgIpc) is 3.03. The molecule has 0 aliphatic rings. The molecule has 5 heteroatoms. The van der Waals surface area contributed by atoms with Crippen LogP contribution in [0.2, 0.25) is 10.0 Å². The lowest BCUT2D eigenvalue weighted by atomic mass is 10.2. The van der Waals surface area contributed by atoms with E-state index in [2.05, 4.69) is 16.4 Å². The molecule has 0 radical (unpaired) electrons. The summed E-state index contributed by atoms with van der Waals surface area (Å²) in [5.41, 5.74) is 3.15. The third kappa shape index (κ3) is 2.84. The van der Waals surface area contributed by atoms with Gasteiger partial charge >= 0.3 is 0 Å². The first-order valence-corrected chi connectivity index (χ1v) is 7.40. The molecule has 0 aliphatic heterocycles. The Morgan fingerprint density at radius 1 is 1.21 bits per heavy atom. The summed E-state index contributed by atoms with van der Waals surface area (Å²) in [6, 6.07) is 7.61. The van der Waals surface area contributed by atoms with Gasteiger partial charge in [0.2, 0.25) is 0 Å². The molecule has 0 spiro atoms. The molecule has 19 heavy (non-hydrogen) atoms. The first-order valence-electron chi connectivity index (χ1n) is 5.70. The Kier molecular flexibility index (Phi) is 3.60. The number of rotatable bonds is 3. The third-order valence-corrected chi connectivity index (χ3v) is 4.09. The topological polar surface area (TPSA) is 17.8 Å². The van der Waals surface area contributed by atoms with Gasteiger partial charge in [-0.15, -0.1) is 0 Å². The maximum absolute atomic E-state index is 6.17. The second-order valence-electron chi connectivity index (χ2n) is 4.18. The molecule has 0 aliphatic carbocycles. The van der Waals surface area contributed by atoms with Crippen LogP contribution in [0.4, 0.5) is 0 Å². The minimum atomic E-state index is 0.651. The van der Waals surface area contributed by atoms with E-state index in [9.17, 15) is 0 Å². The first kappa shape index (κ1) is 12.7. The van der Waals surface area contributed by atoms with Crippen LogP contribution in [0.1, 0.15) is 5.56 Å². The van der Waals surface area contributed by atoms with Gasteiger partial charge in [-0.25, -0.2) is 4.98 Å². The molecule has 2 nitrogen and oxygen atoms in total. The van der Waals surface area contributed by atoms with E-state index in [4.69, 9.17) is 23.2 Å². The summed E-state index contributed by atoms with van der Waals surface area (Å²) in [6.45, 7) is 0.688. The van der Waals surface area contributed by atoms with Crippen LogP contribution in [-0.4, -0.2) is 9.55 Å². The summed E-state index contributed by atoms with van der Waals surface area (Å²) < 4.78 is 2.02. The van der Waals surface area contributed by atoms with Crippen molar-refractivity contribution < 1.29 is 0 Å². The van der Waals surface area contributed by atoms with Gasteiger partial charge in [-0.3, -0.25) is 0 Å². The van der Waals surface area contributed by atoms with Gasteiger partial charge in [-0.1, -0.05) is 29.3 Å². The Bertz CT molecular complexity index is 689. The summed E-state index contributed by atoms with van der Waals surface area (Å²) in [5, 5.41) is 5.46. The minimum absolute atomic E-state index is 0.651. The van der Waals surface area contributed by atoms with E-state index < -0.39 is 0 Å². The van der Waals surface area contributed by atoms with Gasteiger partial charge in [0.25, 0.3) is 0 Å². The lowest BCUT2D eigenvalue weighted by molar-refractivity contribution is 0.798. The van der Waals surface area contributed by atoms with Gasteiger partial charge in [-0.05, 0) is 29.1 Å². The molecule has 0 saturated carbocycles. The number of nitrogens with zero attached hydrogens (tertiary/aromatic N) is 2. The molecular formula is C14H10Cl2N2S. The molecule has 0 N–H and O–H groups in total. The van der Waals surface area contributed by atoms with Crippen molar-refractivity contribution in [2.45, 2.75) is 6.54 Å². The third-order valence-electron chi connectivity index (χ3n) is 2.82. The molecular weight excluding hydrogens is 299 g/mol. The molecule has 3 rings (SSSR count). The van der Waals surface area contributed by atoms with Gasteiger partial charge < -0.3 is 4.57 Å². The van der Waals surface area contributed by atoms with Crippen molar-refractivity contribution in [3.05, 3.63) is 63.2 Å². The zero-order valence-corrected chi connectivity index (χ0v) is 12.2. The van der Waals surface area contributed by atoms with E-state index in [1.807, 2.05) is 34.6 Å². The highest BCUT2D eigenvalue weighted by Gasteiger charge is 2.05. The number of thiophene rings is 1. The van der Waals surface area contributed by atoms with Crippen molar-refractivity contribution in [2.24, 2.45) is 0 Å². The maximum atomic E-state index is 6.17. The quantitative estimate of drug-likeness (QED) is 0.668. The van der Waals surface area contributed by atoms with Gasteiger partial charge in [0.1, 0.15) is 0 Å². The van der Waals surface area contributed by atoms with E-state index in [0.717, 1.165) is 16.8 Å². The highest BCUT2D eigenvalue weighted by atomic mass is 35.5. The van der Waals surface area contributed by atoms with Crippen molar-refractivity contribution in [1.82, 2.24) is 9.55 Å². The summed E-state index contributed by atoms with van der Waals surface area (Å²) in [7, 11) is 0. The fourth-order valence-corrected chi connectivity index (χ4v) is 2.97. The van der Waals surface area contributed by atoms with Crippen LogP contribution in [0.5, 0.6) is 0 Å². The number of hydrogen-bond donors (Lipinski definition) is 0. The number of imidazole rings is 1. The van der Waals surface area contributed by atoms with Gasteiger partial charge in [0.15, 0.2) is 0 Å². The Balaban J connectivity index is 1.84. The summed E-state index contributed by atoms with van der Waals surface area (Å²) in [4.78, 5) is 4.40. The van der Waals surface area contributed by atoms with E-state index in [0.29, 0.717) is 16.6 Å². The number of hydrogen-bond acceptors (Lipinski definition) is 2. The lowest BCUT2D eigenvalue weighted by Gasteiger charge is -2.05. The first-order chi connectivity index (χ1) is 9.22. The van der Waals surface area contributed by atoms with Crippen molar-refractivity contribution in [3.8, 4) is 11.3 Å². The summed E-state index contributed by atoms with van der Waals surface area (Å²) in [6.07, 6.45) is 3.84. The Labute approximate surface area is 125 Å². The van der Waals surface area contributed by atoms with Crippen LogP contribution in [0.15, 0.2) is 47.5 Å². The van der Waals surface area contributed by atoms with Gasteiger partial charge in [0.05, 0.1) is 12.0 Å². The second-order valence-corrected chi connectivity index (χ2v) is 5.80. The molecule has 1 aromatic carbocycles. The van der Waals surface area contributed by atoms with Crippen LogP contribution >= 0.6 is 34.5 Å². The second kappa shape index (κ2) is 5.37. The average molecular weight is 309 g/mol. The Morgan fingerprint density at radius 2 is 2.11 bits per heavy atom. The summed E-state index contributed by atoms with van der Waals surface area (Å²) in [5.74, 6) is 0. The largest absolute Gasteiger partial charge is 0.332 e. The fraction of sp³-hybridized carbons (Fsp3) is 0.0714. The van der Waals surface area contributed by atoms with Crippen molar-refractivity contribution >= 4 is 34.5 Å². The zero-order valence-electron chi connectivity index (χ0n) is 9.88. The van der Waals surface area contributed by atoms with Crippen LogP contribution in [0.25, 0.3) is 11.3 Å². The highest BCUT2D eigenvalue weighted by Crippen LogP contribution is 2.23. The van der Waals surface area contributed by atoms with Gasteiger partial charge in [0, 0.05) is 33.7 Å². The molecule has 3 aromatic rings. The maximum Gasteiger partial charge on any atom is 0.0956 e. The number of halogens is 2. The predicted octanol–water partition coefficient (Wildman–Crippen LogP) is 4.97. The fourth-order valence-electron chi connectivity index (χ4n) is 1.85. The van der Waals surface area contributed by atoms with Crippen LogP contribution in [0, 0.1) is 0 Å². The van der Waals surface area contributed by atoms with Crippen molar-refractivity contribution in [2.75, 3.05) is 0 Å². The van der Waals surface area contributed by atoms with Crippen LogP contribution < -0.4 is 0 Å². The van der Waals surface area contributed by atoms with E-state index in [1.54, 1.807) is 17.4 Å². The normalized spacial score (nSPS) is 10.8. The molecule has 0 fully saturated rings. The van der Waals surface area contributed by atoms with E-state index in [-0.39, 0.29) is 0 Å². The molecule has 0 amide bonds. The van der Waals surface area contributed by atoms with Crippen molar-refractivity contribution in [3.63, 3.8) is 0 Å². The summed E-state index contributed by atoms with van der Waals surface area (Å²) >= 11 is 13.7. The van der Waals surface area contributed by atoms with Gasteiger partial charge in [-0.2, -0.15) is 11.3 Å². The SMILES string of the molecule is Clc1ccc(Cn2cnc(-c3ccsc3)c2)c(Cl)c1. The minimum Gasteiger partial charge on any atom is -0.332 e. The van der Waals surface area contributed by atoms with Crippen molar-refractivity contribution in [1.29, 1.82) is 0 Å². The molecule has 96 valence electrons. The van der Waals surface area contributed by atoms with Crippen LogP contribution in [0.3, 0.4) is 0 Å². The number of benzene rings is 1. The number of aromatic nitrogens is 2. The smallest absolute Gasteiger partial charge is 0.0956 e. The highest BCUT2D eigenvalue weighted by molar-refractivity contribution is 7.08. The molecule has 0 saturated heterocycles. The van der Waals surface area contributed by atoms with Crippen LogP contribution in [-0.2, 0) is 6.54 Å². The Hall–Kier alpha value is -1.29. The predicted molar refractivity (Wildman–Crippen MR) is 81.1 cm³/mol. The standard InChI is InChI=1S/C14H10Cl2N2S/c15-12-2-1-10(13(16)5-12)6-18-7-14(17-9-18)11-3-4-19-8-11/h1-5,7-9H,6H2. The zero-order chi connectivity index (χ0) is 13.2. The molecule has 0 unspecified atom stereocenters. The van der Waals surface area contributed by atoms with E-state index in [1.165, 1.54) is 0 Å².